The molecule has 1 unspecified atom stereocenters. The van der Waals surface area contributed by atoms with Crippen LogP contribution in [0.2, 0.25) is 0 Å². The lowest BCUT2D eigenvalue weighted by molar-refractivity contribution is -0.151. The van der Waals surface area contributed by atoms with E-state index in [-0.39, 0.29) is 22.5 Å². The number of hydrogen-bond donors (Lipinski definition) is 1. The van der Waals surface area contributed by atoms with Crippen LogP contribution in [-0.4, -0.2) is 22.3 Å². The highest BCUT2D eigenvalue weighted by Crippen LogP contribution is 2.70. The second-order valence-corrected chi connectivity index (χ2v) is 9.89. The molecule has 7 atom stereocenters. The number of carbonyl (C=O) groups excluding carboxylic acids is 2. The van der Waals surface area contributed by atoms with Crippen molar-refractivity contribution in [1.82, 2.24) is 0 Å². The van der Waals surface area contributed by atoms with Gasteiger partial charge < -0.3 is 5.11 Å². The van der Waals surface area contributed by atoms with Crippen molar-refractivity contribution in [3.63, 3.8) is 0 Å². The van der Waals surface area contributed by atoms with Crippen molar-refractivity contribution >= 4 is 11.6 Å². The summed E-state index contributed by atoms with van der Waals surface area (Å²) < 4.78 is 0. The van der Waals surface area contributed by atoms with Gasteiger partial charge in [0.2, 0.25) is 0 Å². The molecule has 3 saturated carbocycles. The van der Waals surface area contributed by atoms with Crippen LogP contribution >= 0.6 is 0 Å². The molecule has 0 aromatic carbocycles. The van der Waals surface area contributed by atoms with E-state index >= 15 is 0 Å². The summed E-state index contributed by atoms with van der Waals surface area (Å²) in [5.41, 5.74) is 0.551. The lowest BCUT2D eigenvalue weighted by Gasteiger charge is -2.64. The van der Waals surface area contributed by atoms with E-state index in [9.17, 15) is 14.7 Å². The lowest BCUT2D eigenvalue weighted by atomic mass is 9.40. The zero-order valence-corrected chi connectivity index (χ0v) is 16.1. The van der Waals surface area contributed by atoms with Gasteiger partial charge in [0, 0.05) is 6.42 Å². The average molecular weight is 344 g/mol. The highest BCUT2D eigenvalue weighted by molar-refractivity contribution is 5.91. The van der Waals surface area contributed by atoms with E-state index in [2.05, 4.69) is 20.8 Å². The summed E-state index contributed by atoms with van der Waals surface area (Å²) in [7, 11) is 0. The minimum absolute atomic E-state index is 0.0393. The number of aliphatic hydroxyl groups is 1. The zero-order valence-electron chi connectivity index (χ0n) is 16.1. The Morgan fingerprint density at radius 1 is 1.16 bits per heavy atom. The van der Waals surface area contributed by atoms with Crippen molar-refractivity contribution in [3.05, 3.63) is 11.6 Å². The summed E-state index contributed by atoms with van der Waals surface area (Å²) >= 11 is 0. The normalized spacial score (nSPS) is 52.0. The Hall–Kier alpha value is -0.960. The average Bonchev–Trinajstić information content (AvgIpc) is 2.90. The number of Topliss-reactive ketones (excluding diaryl/α,β-unsaturated/α-hetero) is 1. The van der Waals surface area contributed by atoms with Gasteiger partial charge in [0.25, 0.3) is 0 Å². The summed E-state index contributed by atoms with van der Waals surface area (Å²) in [6.45, 7) is 8.67. The Morgan fingerprint density at radius 3 is 2.56 bits per heavy atom. The zero-order chi connectivity index (χ0) is 18.2. The summed E-state index contributed by atoms with van der Waals surface area (Å²) in [4.78, 5) is 24.2. The summed E-state index contributed by atoms with van der Waals surface area (Å²) in [5.74, 6) is 1.81. The second kappa shape index (κ2) is 5.28. The Morgan fingerprint density at radius 2 is 1.88 bits per heavy atom. The van der Waals surface area contributed by atoms with Crippen LogP contribution in [-0.2, 0) is 9.59 Å². The molecule has 0 bridgehead atoms. The van der Waals surface area contributed by atoms with Crippen LogP contribution < -0.4 is 0 Å². The van der Waals surface area contributed by atoms with Gasteiger partial charge in [-0.3, -0.25) is 9.59 Å². The summed E-state index contributed by atoms with van der Waals surface area (Å²) in [6.07, 6.45) is 8.30. The first-order chi connectivity index (χ1) is 11.6. The van der Waals surface area contributed by atoms with Crippen LogP contribution in [0.5, 0.6) is 0 Å². The SMILES string of the molecule is CC(=O)[C@@]1(O)CC[C@@H]2C1CC[C@@]1(C)[C@H]2C[C@H](C)C2=CC(=O)CC[C@@]21C. The van der Waals surface area contributed by atoms with E-state index in [4.69, 9.17) is 0 Å². The first kappa shape index (κ1) is 17.5. The number of ketones is 2. The van der Waals surface area contributed by atoms with Gasteiger partial charge in [0.15, 0.2) is 11.6 Å². The maximum Gasteiger partial charge on any atom is 0.161 e. The molecule has 0 amide bonds. The van der Waals surface area contributed by atoms with Crippen LogP contribution in [0, 0.1) is 34.5 Å². The molecule has 0 aromatic rings. The third-order valence-corrected chi connectivity index (χ3v) is 9.13. The van der Waals surface area contributed by atoms with Crippen molar-refractivity contribution in [3.8, 4) is 0 Å². The monoisotopic (exact) mass is 344 g/mol. The van der Waals surface area contributed by atoms with E-state index in [0.717, 1.165) is 32.1 Å². The van der Waals surface area contributed by atoms with Gasteiger partial charge in [0.05, 0.1) is 0 Å². The molecule has 4 rings (SSSR count). The Balaban J connectivity index is 1.75. The summed E-state index contributed by atoms with van der Waals surface area (Å²) in [5, 5.41) is 11.0. The van der Waals surface area contributed by atoms with Crippen LogP contribution in [0.15, 0.2) is 11.6 Å². The minimum Gasteiger partial charge on any atom is -0.382 e. The molecule has 0 spiro atoms. The molecule has 3 nitrogen and oxygen atoms in total. The molecule has 1 N–H and O–H groups in total. The fraction of sp³-hybridized carbons (Fsp3) is 0.818. The van der Waals surface area contributed by atoms with Gasteiger partial charge in [0.1, 0.15) is 5.60 Å². The van der Waals surface area contributed by atoms with Gasteiger partial charge in [-0.25, -0.2) is 0 Å². The molecule has 4 aliphatic rings. The Labute approximate surface area is 151 Å². The van der Waals surface area contributed by atoms with Crippen LogP contribution in [0.1, 0.15) is 72.6 Å². The molecule has 0 aromatic heterocycles. The molecule has 25 heavy (non-hydrogen) atoms. The molecule has 4 aliphatic carbocycles. The number of hydrogen-bond acceptors (Lipinski definition) is 3. The van der Waals surface area contributed by atoms with Crippen molar-refractivity contribution in [2.75, 3.05) is 0 Å². The molecular formula is C22H32O3. The maximum absolute atomic E-state index is 12.2. The fourth-order valence-corrected chi connectivity index (χ4v) is 7.46. The highest BCUT2D eigenvalue weighted by Gasteiger charge is 2.65. The Bertz CT molecular complexity index is 664. The molecule has 138 valence electrons. The van der Waals surface area contributed by atoms with E-state index in [1.165, 1.54) is 5.57 Å². The second-order valence-electron chi connectivity index (χ2n) is 9.89. The fourth-order valence-electron chi connectivity index (χ4n) is 7.46. The van der Waals surface area contributed by atoms with Crippen molar-refractivity contribution < 1.29 is 14.7 Å². The smallest absolute Gasteiger partial charge is 0.161 e. The third-order valence-electron chi connectivity index (χ3n) is 9.13. The van der Waals surface area contributed by atoms with E-state index < -0.39 is 5.60 Å². The lowest BCUT2D eigenvalue weighted by Crippen LogP contribution is -2.58. The number of carbonyl (C=O) groups is 2. The molecule has 0 saturated heterocycles. The van der Waals surface area contributed by atoms with Crippen molar-refractivity contribution in [1.29, 1.82) is 0 Å². The van der Waals surface area contributed by atoms with Gasteiger partial charge in [-0.1, -0.05) is 26.3 Å². The first-order valence-electron chi connectivity index (χ1n) is 10.1. The van der Waals surface area contributed by atoms with Gasteiger partial charge in [-0.05, 0) is 86.0 Å². The number of allylic oxidation sites excluding steroid dienone is 1. The third kappa shape index (κ3) is 2.08. The minimum atomic E-state index is -1.09. The van der Waals surface area contributed by atoms with E-state index in [1.807, 2.05) is 6.08 Å². The van der Waals surface area contributed by atoms with Crippen molar-refractivity contribution in [2.45, 2.75) is 78.2 Å². The van der Waals surface area contributed by atoms with Crippen LogP contribution in [0.25, 0.3) is 0 Å². The molecule has 0 aliphatic heterocycles. The predicted molar refractivity (Wildman–Crippen MR) is 96.9 cm³/mol. The highest BCUT2D eigenvalue weighted by atomic mass is 16.3. The standard InChI is InChI=1S/C22H32O3/c1-13-11-19-16-6-10-22(25,14(2)23)17(16)7-9-21(19,4)20(3)8-5-15(24)12-18(13)20/h12-13,16-17,19,25H,5-11H2,1-4H3/t13-,16+,17?,19-,20-,21-,22-/m0/s1. The molecule has 3 heteroatoms. The van der Waals surface area contributed by atoms with E-state index in [1.54, 1.807) is 6.92 Å². The Kier molecular flexibility index (Phi) is 3.69. The molecule has 0 heterocycles. The quantitative estimate of drug-likeness (QED) is 0.779. The molecular weight excluding hydrogens is 312 g/mol. The topological polar surface area (TPSA) is 54.4 Å². The predicted octanol–water partition coefficient (Wildman–Crippen LogP) is 4.08. The first-order valence-corrected chi connectivity index (χ1v) is 10.1. The van der Waals surface area contributed by atoms with Gasteiger partial charge in [-0.2, -0.15) is 0 Å². The van der Waals surface area contributed by atoms with E-state index in [0.29, 0.717) is 36.4 Å². The van der Waals surface area contributed by atoms with Gasteiger partial charge >= 0.3 is 0 Å². The van der Waals surface area contributed by atoms with Gasteiger partial charge in [-0.15, -0.1) is 0 Å². The number of rotatable bonds is 1. The largest absolute Gasteiger partial charge is 0.382 e. The van der Waals surface area contributed by atoms with Crippen LogP contribution in [0.3, 0.4) is 0 Å². The molecule has 0 radical (unpaired) electrons. The number of fused-ring (bicyclic) bond motifs is 5. The maximum atomic E-state index is 12.2. The summed E-state index contributed by atoms with van der Waals surface area (Å²) in [6, 6.07) is 0. The van der Waals surface area contributed by atoms with Crippen molar-refractivity contribution in [2.24, 2.45) is 34.5 Å². The molecule has 3 fully saturated rings. The van der Waals surface area contributed by atoms with Crippen LogP contribution in [0.4, 0.5) is 0 Å².